The SMILES string of the molecule is COC(=O)c1cc(Br)c(CCN(NC(=O)O)C(=O)SCCCl)s1. The summed E-state index contributed by atoms with van der Waals surface area (Å²) < 4.78 is 5.35. The minimum absolute atomic E-state index is 0.125. The zero-order valence-corrected chi connectivity index (χ0v) is 16.0. The number of hydrazine groups is 1. The lowest BCUT2D eigenvalue weighted by Gasteiger charge is -2.20. The molecule has 1 rings (SSSR count). The Morgan fingerprint density at radius 1 is 1.52 bits per heavy atom. The number of hydrogen-bond donors (Lipinski definition) is 2. The summed E-state index contributed by atoms with van der Waals surface area (Å²) in [5, 5.41) is 9.38. The molecule has 11 heteroatoms. The van der Waals surface area contributed by atoms with E-state index in [9.17, 15) is 14.4 Å². The van der Waals surface area contributed by atoms with E-state index in [1.165, 1.54) is 18.4 Å². The van der Waals surface area contributed by atoms with Crippen molar-refractivity contribution in [3.63, 3.8) is 0 Å². The van der Waals surface area contributed by atoms with Crippen LogP contribution in [0.2, 0.25) is 0 Å². The van der Waals surface area contributed by atoms with Gasteiger partial charge in [0, 0.05) is 33.9 Å². The summed E-state index contributed by atoms with van der Waals surface area (Å²) in [5.41, 5.74) is 2.05. The lowest BCUT2D eigenvalue weighted by Crippen LogP contribution is -2.45. The molecule has 0 saturated carbocycles. The summed E-state index contributed by atoms with van der Waals surface area (Å²) in [6.45, 7) is 0.125. The van der Waals surface area contributed by atoms with E-state index in [1.54, 1.807) is 6.07 Å². The number of thiophene rings is 1. The van der Waals surface area contributed by atoms with E-state index < -0.39 is 17.3 Å². The van der Waals surface area contributed by atoms with Crippen LogP contribution in [-0.2, 0) is 11.2 Å². The van der Waals surface area contributed by atoms with Crippen LogP contribution in [0.5, 0.6) is 0 Å². The quantitative estimate of drug-likeness (QED) is 0.396. The van der Waals surface area contributed by atoms with Crippen LogP contribution < -0.4 is 5.43 Å². The van der Waals surface area contributed by atoms with Crippen LogP contribution in [-0.4, -0.2) is 52.7 Å². The van der Waals surface area contributed by atoms with Crippen molar-refractivity contribution in [1.29, 1.82) is 0 Å². The molecule has 0 saturated heterocycles. The second-order valence-corrected chi connectivity index (χ2v) is 7.41. The van der Waals surface area contributed by atoms with Crippen LogP contribution in [0.1, 0.15) is 14.5 Å². The number of halogens is 2. The Kier molecular flexibility index (Phi) is 8.74. The molecular formula is C12H14BrClN2O5S2. The second-order valence-electron chi connectivity index (χ2n) is 4.00. The fourth-order valence-corrected chi connectivity index (χ4v) is 4.06. The molecule has 2 amide bonds. The minimum Gasteiger partial charge on any atom is -0.465 e. The van der Waals surface area contributed by atoms with Crippen LogP contribution in [0, 0.1) is 0 Å². The molecule has 1 aromatic rings. The van der Waals surface area contributed by atoms with Crippen molar-refractivity contribution >= 4 is 67.9 Å². The molecule has 0 atom stereocenters. The van der Waals surface area contributed by atoms with E-state index in [0.717, 1.165) is 21.6 Å². The molecule has 1 heterocycles. The number of alkyl halides is 1. The first kappa shape index (κ1) is 20.1. The third kappa shape index (κ3) is 6.58. The second kappa shape index (κ2) is 10.0. The fraction of sp³-hybridized carbons (Fsp3) is 0.417. The van der Waals surface area contributed by atoms with Gasteiger partial charge in [-0.25, -0.2) is 20.0 Å². The van der Waals surface area contributed by atoms with Crippen LogP contribution in [0.3, 0.4) is 0 Å². The lowest BCUT2D eigenvalue weighted by atomic mass is 10.3. The highest BCUT2D eigenvalue weighted by atomic mass is 79.9. The van der Waals surface area contributed by atoms with E-state index in [1.807, 2.05) is 0 Å². The first-order valence-electron chi connectivity index (χ1n) is 6.25. The van der Waals surface area contributed by atoms with Crippen LogP contribution in [0.4, 0.5) is 9.59 Å². The molecule has 128 valence electrons. The Labute approximate surface area is 154 Å². The predicted molar refractivity (Wildman–Crippen MR) is 93.5 cm³/mol. The van der Waals surface area contributed by atoms with Crippen molar-refractivity contribution in [3.8, 4) is 0 Å². The van der Waals surface area contributed by atoms with Gasteiger partial charge in [0.15, 0.2) is 0 Å². The van der Waals surface area contributed by atoms with Gasteiger partial charge in [0.05, 0.1) is 7.11 Å². The number of hydrogen-bond acceptors (Lipinski definition) is 6. The van der Waals surface area contributed by atoms with E-state index in [0.29, 0.717) is 21.5 Å². The van der Waals surface area contributed by atoms with Gasteiger partial charge in [0.25, 0.3) is 5.24 Å². The molecule has 2 N–H and O–H groups in total. The van der Waals surface area contributed by atoms with Crippen molar-refractivity contribution in [1.82, 2.24) is 10.4 Å². The summed E-state index contributed by atoms with van der Waals surface area (Å²) in [6.07, 6.45) is -0.958. The van der Waals surface area contributed by atoms with Crippen molar-refractivity contribution in [2.24, 2.45) is 0 Å². The van der Waals surface area contributed by atoms with E-state index in [2.05, 4.69) is 26.1 Å². The van der Waals surface area contributed by atoms with Gasteiger partial charge >= 0.3 is 12.1 Å². The zero-order valence-electron chi connectivity index (χ0n) is 12.0. The normalized spacial score (nSPS) is 10.2. The molecule has 1 aromatic heterocycles. The van der Waals surface area contributed by atoms with Gasteiger partial charge in [-0.1, -0.05) is 11.8 Å². The van der Waals surface area contributed by atoms with Gasteiger partial charge in [-0.2, -0.15) is 0 Å². The number of methoxy groups -OCH3 is 1. The van der Waals surface area contributed by atoms with Gasteiger partial charge < -0.3 is 9.84 Å². The van der Waals surface area contributed by atoms with Crippen LogP contribution in [0.15, 0.2) is 10.5 Å². The molecule has 0 spiro atoms. The largest absolute Gasteiger partial charge is 0.465 e. The summed E-state index contributed by atoms with van der Waals surface area (Å²) in [6, 6.07) is 1.63. The molecule has 0 aliphatic carbocycles. The number of ether oxygens (including phenoxy) is 1. The number of carboxylic acid groups (broad SMARTS) is 1. The molecule has 0 radical (unpaired) electrons. The van der Waals surface area contributed by atoms with Crippen molar-refractivity contribution in [2.75, 3.05) is 25.3 Å². The van der Waals surface area contributed by atoms with Crippen molar-refractivity contribution in [3.05, 3.63) is 20.3 Å². The molecule has 0 unspecified atom stereocenters. The van der Waals surface area contributed by atoms with E-state index >= 15 is 0 Å². The number of nitrogens with zero attached hydrogens (tertiary/aromatic N) is 1. The number of amides is 2. The summed E-state index contributed by atoms with van der Waals surface area (Å²) in [7, 11) is 1.29. The molecule has 7 nitrogen and oxygen atoms in total. The van der Waals surface area contributed by atoms with Gasteiger partial charge in [-0.15, -0.1) is 22.9 Å². The molecule has 0 aliphatic rings. The van der Waals surface area contributed by atoms with Gasteiger partial charge in [0.1, 0.15) is 4.88 Å². The van der Waals surface area contributed by atoms with Gasteiger partial charge in [-0.3, -0.25) is 4.79 Å². The maximum absolute atomic E-state index is 11.9. The number of carbonyl (C=O) groups is 3. The summed E-state index contributed by atoms with van der Waals surface area (Å²) >= 11 is 11.0. The molecule has 0 aromatic carbocycles. The first-order chi connectivity index (χ1) is 10.9. The predicted octanol–water partition coefficient (Wildman–Crippen LogP) is 3.42. The average molecular weight is 446 g/mol. The number of rotatable bonds is 6. The standard InChI is InChI=1S/C12H14BrClN2O5S2/c1-21-10(17)9-6-7(13)8(23-9)2-4-16(15-11(18)19)12(20)22-5-3-14/h6,15H,2-5H2,1H3,(H,18,19). The highest BCUT2D eigenvalue weighted by Crippen LogP contribution is 2.28. The Morgan fingerprint density at radius 2 is 2.22 bits per heavy atom. The summed E-state index contributed by atoms with van der Waals surface area (Å²) in [5.74, 6) is 0.222. The first-order valence-corrected chi connectivity index (χ1v) is 9.38. The van der Waals surface area contributed by atoms with Gasteiger partial charge in [-0.05, 0) is 22.0 Å². The zero-order chi connectivity index (χ0) is 17.4. The third-order valence-corrected chi connectivity index (χ3v) is 5.89. The Morgan fingerprint density at radius 3 is 2.78 bits per heavy atom. The summed E-state index contributed by atoms with van der Waals surface area (Å²) in [4.78, 5) is 35.4. The number of carbonyl (C=O) groups excluding carboxylic acids is 2. The molecule has 23 heavy (non-hydrogen) atoms. The maximum Gasteiger partial charge on any atom is 0.423 e. The van der Waals surface area contributed by atoms with E-state index in [-0.39, 0.29) is 12.4 Å². The number of esters is 1. The van der Waals surface area contributed by atoms with Crippen molar-refractivity contribution < 1.29 is 24.2 Å². The number of nitrogens with one attached hydrogen (secondary N) is 1. The van der Waals surface area contributed by atoms with Gasteiger partial charge in [0.2, 0.25) is 0 Å². The van der Waals surface area contributed by atoms with E-state index in [4.69, 9.17) is 16.7 Å². The molecular weight excluding hydrogens is 432 g/mol. The minimum atomic E-state index is -1.33. The highest BCUT2D eigenvalue weighted by molar-refractivity contribution is 9.10. The molecule has 0 fully saturated rings. The topological polar surface area (TPSA) is 95.9 Å². The third-order valence-electron chi connectivity index (χ3n) is 2.46. The Balaban J connectivity index is 2.73. The monoisotopic (exact) mass is 444 g/mol. The fourth-order valence-electron chi connectivity index (χ4n) is 1.50. The number of thioether (sulfide) groups is 1. The lowest BCUT2D eigenvalue weighted by molar-refractivity contribution is 0.0606. The van der Waals surface area contributed by atoms with Crippen LogP contribution in [0.25, 0.3) is 0 Å². The highest BCUT2D eigenvalue weighted by Gasteiger charge is 2.19. The smallest absolute Gasteiger partial charge is 0.423 e. The molecule has 0 bridgehead atoms. The maximum atomic E-state index is 11.9. The van der Waals surface area contributed by atoms with Crippen LogP contribution >= 0.6 is 50.6 Å². The Bertz CT molecular complexity index is 584. The Hall–Kier alpha value is -0.970. The molecule has 0 aliphatic heterocycles. The van der Waals surface area contributed by atoms with Crippen molar-refractivity contribution in [2.45, 2.75) is 6.42 Å². The average Bonchev–Trinajstić information content (AvgIpc) is 2.88.